The topological polar surface area (TPSA) is 157 Å². The number of amides is 3. The largest absolute Gasteiger partial charge is 0.395 e. The third-order valence-electron chi connectivity index (χ3n) is 8.46. The zero-order chi connectivity index (χ0) is 32.8. The van der Waals surface area contributed by atoms with Crippen LogP contribution in [-0.2, 0) is 33.1 Å². The third-order valence-corrected chi connectivity index (χ3v) is 8.46. The summed E-state index contributed by atoms with van der Waals surface area (Å²) in [6.07, 6.45) is 3.11. The Bertz CT molecular complexity index is 1630. The van der Waals surface area contributed by atoms with Gasteiger partial charge in [-0.25, -0.2) is 0 Å². The summed E-state index contributed by atoms with van der Waals surface area (Å²) in [6.45, 7) is 3.49. The summed E-state index contributed by atoms with van der Waals surface area (Å²) < 4.78 is 0. The number of anilines is 2. The van der Waals surface area contributed by atoms with Crippen LogP contribution in [0.1, 0.15) is 30.0 Å². The van der Waals surface area contributed by atoms with Gasteiger partial charge >= 0.3 is 0 Å². The monoisotopic (exact) mass is 627 g/mol. The van der Waals surface area contributed by atoms with Crippen LogP contribution in [0.25, 0.3) is 0 Å². The highest BCUT2D eigenvalue weighted by Gasteiger charge is 2.53. The number of aliphatic hydroxyl groups excluding tert-OH is 1. The molecule has 0 unspecified atom stereocenters. The fourth-order valence-corrected chi connectivity index (χ4v) is 5.91. The van der Waals surface area contributed by atoms with Gasteiger partial charge in [0.05, 0.1) is 30.3 Å². The number of fused-ring (bicyclic) bond motifs is 1. The molecular formula is C34H37N5O7. The second-order valence-electron chi connectivity index (χ2n) is 11.5. The van der Waals surface area contributed by atoms with E-state index in [9.17, 15) is 34.7 Å². The van der Waals surface area contributed by atoms with E-state index in [-0.39, 0.29) is 55.7 Å². The molecule has 3 aromatic rings. The molecule has 46 heavy (non-hydrogen) atoms. The van der Waals surface area contributed by atoms with Crippen molar-refractivity contribution in [3.63, 3.8) is 0 Å². The first-order valence-corrected chi connectivity index (χ1v) is 15.2. The van der Waals surface area contributed by atoms with E-state index in [1.807, 2.05) is 54.6 Å². The lowest BCUT2D eigenvalue weighted by Gasteiger charge is -2.28. The van der Waals surface area contributed by atoms with Gasteiger partial charge in [0.2, 0.25) is 11.8 Å². The molecule has 5 rings (SSSR count). The van der Waals surface area contributed by atoms with Crippen molar-refractivity contribution in [3.05, 3.63) is 112 Å². The van der Waals surface area contributed by atoms with Crippen LogP contribution < -0.4 is 15.1 Å². The van der Waals surface area contributed by atoms with Gasteiger partial charge in [-0.2, -0.15) is 0 Å². The van der Waals surface area contributed by atoms with Gasteiger partial charge in [0.15, 0.2) is 5.60 Å². The van der Waals surface area contributed by atoms with Crippen LogP contribution in [0, 0.1) is 16.0 Å². The maximum Gasteiger partial charge on any atom is 0.269 e. The predicted octanol–water partition coefficient (Wildman–Crippen LogP) is 2.87. The number of carbonyl (C=O) groups excluding carboxylic acids is 3. The first kappa shape index (κ1) is 32.5. The number of rotatable bonds is 12. The van der Waals surface area contributed by atoms with Crippen LogP contribution in [0.3, 0.4) is 0 Å². The Kier molecular flexibility index (Phi) is 9.90. The number of benzene rings is 3. The van der Waals surface area contributed by atoms with Crippen LogP contribution in [0.4, 0.5) is 17.1 Å². The molecule has 1 saturated heterocycles. The number of non-ortho nitro benzene ring substituents is 1. The zero-order valence-corrected chi connectivity index (χ0v) is 25.5. The van der Waals surface area contributed by atoms with Crippen molar-refractivity contribution in [2.24, 2.45) is 5.92 Å². The first-order chi connectivity index (χ1) is 22.1. The van der Waals surface area contributed by atoms with Gasteiger partial charge in [-0.15, -0.1) is 0 Å². The number of nitro groups is 1. The summed E-state index contributed by atoms with van der Waals surface area (Å²) in [5.41, 5.74) is 0.483. The summed E-state index contributed by atoms with van der Waals surface area (Å²) in [4.78, 5) is 55.0. The molecule has 2 atom stereocenters. The molecule has 0 spiro atoms. The van der Waals surface area contributed by atoms with Crippen LogP contribution in [0.15, 0.2) is 84.9 Å². The summed E-state index contributed by atoms with van der Waals surface area (Å²) in [5, 5.41) is 36.2. The van der Waals surface area contributed by atoms with Crippen molar-refractivity contribution in [2.75, 3.05) is 42.6 Å². The van der Waals surface area contributed by atoms with Gasteiger partial charge in [0, 0.05) is 61.9 Å². The van der Waals surface area contributed by atoms with Crippen LogP contribution in [0.2, 0.25) is 0 Å². The van der Waals surface area contributed by atoms with E-state index >= 15 is 0 Å². The molecule has 0 saturated carbocycles. The smallest absolute Gasteiger partial charge is 0.269 e. The SMILES string of the molecule is C[C@H](/C=C/CC(=O)N(CCO)Cc1ccccc1)[C@@]1(O)C(=O)N(Cc2ccc(N3CCNCC3=O)cc2)c2ccc([N+](=O)[O-])cc21. The molecule has 2 aliphatic heterocycles. The number of nitrogens with one attached hydrogen (secondary N) is 1. The third kappa shape index (κ3) is 6.69. The Morgan fingerprint density at radius 1 is 1.11 bits per heavy atom. The molecule has 2 aliphatic rings. The minimum absolute atomic E-state index is 0.0321. The molecule has 0 aliphatic carbocycles. The number of hydrogen-bond donors (Lipinski definition) is 3. The number of nitrogens with zero attached hydrogens (tertiary/aromatic N) is 4. The summed E-state index contributed by atoms with van der Waals surface area (Å²) in [5.74, 6) is -1.76. The normalized spacial score (nSPS) is 18.6. The lowest BCUT2D eigenvalue weighted by Crippen LogP contribution is -2.48. The highest BCUT2D eigenvalue weighted by molar-refractivity contribution is 6.07. The maximum atomic E-state index is 14.0. The molecule has 3 amide bonds. The molecule has 3 aromatic carbocycles. The van der Waals surface area contributed by atoms with E-state index < -0.39 is 22.3 Å². The van der Waals surface area contributed by atoms with Crippen molar-refractivity contribution < 1.29 is 29.5 Å². The second kappa shape index (κ2) is 14.0. The van der Waals surface area contributed by atoms with Gasteiger partial charge in [-0.3, -0.25) is 24.5 Å². The minimum atomic E-state index is -2.12. The average molecular weight is 628 g/mol. The number of piperazine rings is 1. The van der Waals surface area contributed by atoms with Crippen LogP contribution >= 0.6 is 0 Å². The number of hydrogen-bond acceptors (Lipinski definition) is 8. The fraction of sp³-hybridized carbons (Fsp3) is 0.324. The van der Waals surface area contributed by atoms with Gasteiger partial charge in [0.25, 0.3) is 11.6 Å². The molecular weight excluding hydrogens is 590 g/mol. The minimum Gasteiger partial charge on any atom is -0.395 e. The molecule has 2 heterocycles. The Hall–Kier alpha value is -4.91. The van der Waals surface area contributed by atoms with E-state index in [2.05, 4.69) is 5.32 Å². The zero-order valence-electron chi connectivity index (χ0n) is 25.5. The van der Waals surface area contributed by atoms with Crippen molar-refractivity contribution in [1.82, 2.24) is 10.2 Å². The predicted molar refractivity (Wildman–Crippen MR) is 172 cm³/mol. The highest BCUT2D eigenvalue weighted by Crippen LogP contribution is 2.47. The maximum absolute atomic E-state index is 14.0. The van der Waals surface area contributed by atoms with Crippen molar-refractivity contribution >= 4 is 34.8 Å². The van der Waals surface area contributed by atoms with E-state index in [0.29, 0.717) is 25.3 Å². The Labute approximate surface area is 266 Å². The van der Waals surface area contributed by atoms with E-state index in [4.69, 9.17) is 0 Å². The Morgan fingerprint density at radius 2 is 1.85 bits per heavy atom. The summed E-state index contributed by atoms with van der Waals surface area (Å²) in [7, 11) is 0. The van der Waals surface area contributed by atoms with E-state index in [1.165, 1.54) is 28.0 Å². The molecule has 1 fully saturated rings. The van der Waals surface area contributed by atoms with Crippen molar-refractivity contribution in [2.45, 2.75) is 32.0 Å². The average Bonchev–Trinajstić information content (AvgIpc) is 3.27. The number of aliphatic hydroxyl groups is 2. The lowest BCUT2D eigenvalue weighted by atomic mass is 9.82. The number of carbonyl (C=O) groups is 3. The lowest BCUT2D eigenvalue weighted by molar-refractivity contribution is -0.385. The van der Waals surface area contributed by atoms with Crippen LogP contribution in [0.5, 0.6) is 0 Å². The first-order valence-electron chi connectivity index (χ1n) is 15.2. The van der Waals surface area contributed by atoms with Gasteiger partial charge < -0.3 is 30.2 Å². The van der Waals surface area contributed by atoms with E-state index in [1.54, 1.807) is 24.0 Å². The number of nitro benzene ring substituents is 1. The van der Waals surface area contributed by atoms with Gasteiger partial charge in [-0.05, 0) is 29.3 Å². The molecule has 3 N–H and O–H groups in total. The second-order valence-corrected chi connectivity index (χ2v) is 11.5. The van der Waals surface area contributed by atoms with E-state index in [0.717, 1.165) is 16.8 Å². The van der Waals surface area contributed by atoms with Gasteiger partial charge in [0.1, 0.15) is 0 Å². The Morgan fingerprint density at radius 3 is 2.52 bits per heavy atom. The summed E-state index contributed by atoms with van der Waals surface area (Å²) >= 11 is 0. The Balaban J connectivity index is 1.35. The molecule has 12 heteroatoms. The molecule has 240 valence electrons. The quantitative estimate of drug-likeness (QED) is 0.157. The van der Waals surface area contributed by atoms with Gasteiger partial charge in [-0.1, -0.05) is 61.5 Å². The van der Waals surface area contributed by atoms with Crippen molar-refractivity contribution in [3.8, 4) is 0 Å². The standard InChI is InChI=1S/C34H37N5O7/c1-24(6-5-9-31(41)36(18-19-40)22-25-7-3-2-4-8-25)34(44)29-20-28(39(45)46)14-15-30(29)38(33(34)43)23-26-10-12-27(13-11-26)37-17-16-35-21-32(37)42/h2-8,10-15,20,24,35,40,44H,9,16-19,21-23H2,1H3/b6-5+/t24-,34+/m1/s1. The fourth-order valence-electron chi connectivity index (χ4n) is 5.91. The highest BCUT2D eigenvalue weighted by atomic mass is 16.6. The molecule has 12 nitrogen and oxygen atoms in total. The van der Waals surface area contributed by atoms with Crippen molar-refractivity contribution in [1.29, 1.82) is 0 Å². The molecule has 0 aromatic heterocycles. The van der Waals surface area contributed by atoms with Crippen LogP contribution in [-0.4, -0.2) is 70.5 Å². The molecule has 0 bridgehead atoms. The molecule has 0 radical (unpaired) electrons. The summed E-state index contributed by atoms with van der Waals surface area (Å²) in [6, 6.07) is 20.6.